The summed E-state index contributed by atoms with van der Waals surface area (Å²) >= 11 is 5.88. The maximum atomic E-state index is 5.88. The molecule has 2 heterocycles. The van der Waals surface area contributed by atoms with Crippen molar-refractivity contribution in [1.29, 1.82) is 0 Å². The molecule has 0 aliphatic carbocycles. The van der Waals surface area contributed by atoms with Crippen LogP contribution in [0.5, 0.6) is 0 Å². The van der Waals surface area contributed by atoms with Gasteiger partial charge in [0.15, 0.2) is 5.82 Å². The summed E-state index contributed by atoms with van der Waals surface area (Å²) in [6.07, 6.45) is 5.21. The summed E-state index contributed by atoms with van der Waals surface area (Å²) in [5.41, 5.74) is 0.825. The van der Waals surface area contributed by atoms with E-state index in [1.54, 1.807) is 12.5 Å². The zero-order valence-corrected chi connectivity index (χ0v) is 8.96. The van der Waals surface area contributed by atoms with E-state index in [0.717, 1.165) is 16.7 Å². The average Bonchev–Trinajstić information content (AvgIpc) is 2.81. The van der Waals surface area contributed by atoms with Gasteiger partial charge in [-0.2, -0.15) is 4.98 Å². The Morgan fingerprint density at radius 1 is 1.12 bits per heavy atom. The third-order valence-corrected chi connectivity index (χ3v) is 2.47. The highest BCUT2D eigenvalue weighted by atomic mass is 35.5. The highest BCUT2D eigenvalue weighted by Gasteiger charge is 2.07. The first-order valence-corrected chi connectivity index (χ1v) is 5.13. The number of hydrogen-bond donors (Lipinski definition) is 0. The molecule has 2 aromatic heterocycles. The molecule has 3 aromatic rings. The highest BCUT2D eigenvalue weighted by molar-refractivity contribution is 6.28. The molecule has 0 N–H and O–H groups in total. The van der Waals surface area contributed by atoms with Gasteiger partial charge in [0.1, 0.15) is 6.33 Å². The van der Waals surface area contributed by atoms with Gasteiger partial charge in [0.25, 0.3) is 0 Å². The molecule has 0 saturated heterocycles. The molecule has 0 bridgehead atoms. The van der Waals surface area contributed by atoms with E-state index in [0.29, 0.717) is 0 Å². The SMILES string of the molecule is Clc1nc(-n2ccnc2)c2ccccc2n1. The summed E-state index contributed by atoms with van der Waals surface area (Å²) in [6, 6.07) is 7.73. The number of halogens is 1. The van der Waals surface area contributed by atoms with E-state index < -0.39 is 0 Å². The molecule has 78 valence electrons. The molecule has 0 amide bonds. The largest absolute Gasteiger partial charge is 0.290 e. The van der Waals surface area contributed by atoms with Crippen LogP contribution in [0.25, 0.3) is 16.7 Å². The predicted molar refractivity (Wildman–Crippen MR) is 61.7 cm³/mol. The van der Waals surface area contributed by atoms with Crippen LogP contribution in [0.2, 0.25) is 5.28 Å². The van der Waals surface area contributed by atoms with E-state index in [-0.39, 0.29) is 5.28 Å². The molecule has 0 aliphatic heterocycles. The molecule has 0 radical (unpaired) electrons. The first-order valence-electron chi connectivity index (χ1n) is 4.75. The van der Waals surface area contributed by atoms with Gasteiger partial charge in [-0.3, -0.25) is 4.57 Å². The number of para-hydroxylation sites is 1. The average molecular weight is 231 g/mol. The smallest absolute Gasteiger partial charge is 0.224 e. The Kier molecular flexibility index (Phi) is 2.08. The molecule has 0 atom stereocenters. The fourth-order valence-corrected chi connectivity index (χ4v) is 1.78. The Morgan fingerprint density at radius 3 is 2.81 bits per heavy atom. The molecular formula is C11H7ClN4. The molecular weight excluding hydrogens is 224 g/mol. The van der Waals surface area contributed by atoms with E-state index in [1.807, 2.05) is 35.0 Å². The maximum absolute atomic E-state index is 5.88. The lowest BCUT2D eigenvalue weighted by Crippen LogP contribution is -1.98. The van der Waals surface area contributed by atoms with E-state index >= 15 is 0 Å². The van der Waals surface area contributed by atoms with Gasteiger partial charge in [0.05, 0.1) is 5.52 Å². The van der Waals surface area contributed by atoms with Gasteiger partial charge < -0.3 is 0 Å². The second kappa shape index (κ2) is 3.57. The van der Waals surface area contributed by atoms with Gasteiger partial charge >= 0.3 is 0 Å². The lowest BCUT2D eigenvalue weighted by atomic mass is 10.2. The van der Waals surface area contributed by atoms with Crippen LogP contribution in [-0.4, -0.2) is 19.5 Å². The van der Waals surface area contributed by atoms with Crippen LogP contribution >= 0.6 is 11.6 Å². The van der Waals surface area contributed by atoms with Crippen molar-refractivity contribution >= 4 is 22.5 Å². The number of rotatable bonds is 1. The standard InChI is InChI=1S/C11H7ClN4/c12-11-14-9-4-2-1-3-8(9)10(15-11)16-6-5-13-7-16/h1-7H. The van der Waals surface area contributed by atoms with Gasteiger partial charge in [-0.25, -0.2) is 9.97 Å². The minimum Gasteiger partial charge on any atom is -0.290 e. The fraction of sp³-hybridized carbons (Fsp3) is 0. The van der Waals surface area contributed by atoms with Crippen molar-refractivity contribution in [3.05, 3.63) is 48.3 Å². The molecule has 1 aromatic carbocycles. The first-order chi connectivity index (χ1) is 7.84. The van der Waals surface area contributed by atoms with E-state index in [4.69, 9.17) is 11.6 Å². The van der Waals surface area contributed by atoms with Gasteiger partial charge in [-0.05, 0) is 23.7 Å². The van der Waals surface area contributed by atoms with E-state index in [2.05, 4.69) is 15.0 Å². The summed E-state index contributed by atoms with van der Waals surface area (Å²) in [5, 5.41) is 1.19. The van der Waals surface area contributed by atoms with Crippen molar-refractivity contribution in [2.75, 3.05) is 0 Å². The lowest BCUT2D eigenvalue weighted by Gasteiger charge is -2.05. The first kappa shape index (κ1) is 9.30. The maximum Gasteiger partial charge on any atom is 0.224 e. The third-order valence-electron chi connectivity index (χ3n) is 2.30. The zero-order chi connectivity index (χ0) is 11.0. The van der Waals surface area contributed by atoms with Crippen molar-refractivity contribution in [2.45, 2.75) is 0 Å². The fourth-order valence-electron chi connectivity index (χ4n) is 1.61. The second-order valence-corrected chi connectivity index (χ2v) is 3.64. The van der Waals surface area contributed by atoms with Crippen LogP contribution in [0, 0.1) is 0 Å². The van der Waals surface area contributed by atoms with Gasteiger partial charge in [-0.15, -0.1) is 0 Å². The van der Waals surface area contributed by atoms with Gasteiger partial charge in [0.2, 0.25) is 5.28 Å². The number of aromatic nitrogens is 4. The molecule has 5 heteroatoms. The number of fused-ring (bicyclic) bond motifs is 1. The van der Waals surface area contributed by atoms with Crippen molar-refractivity contribution in [3.63, 3.8) is 0 Å². The van der Waals surface area contributed by atoms with Crippen LogP contribution in [0.3, 0.4) is 0 Å². The minimum absolute atomic E-state index is 0.238. The molecule has 3 rings (SSSR count). The number of hydrogen-bond acceptors (Lipinski definition) is 3. The van der Waals surface area contributed by atoms with E-state index in [9.17, 15) is 0 Å². The lowest BCUT2D eigenvalue weighted by molar-refractivity contribution is 0.993. The van der Waals surface area contributed by atoms with Crippen molar-refractivity contribution < 1.29 is 0 Å². The van der Waals surface area contributed by atoms with Gasteiger partial charge in [-0.1, -0.05) is 12.1 Å². The molecule has 0 saturated carbocycles. The zero-order valence-electron chi connectivity index (χ0n) is 8.21. The quantitative estimate of drug-likeness (QED) is 0.603. The summed E-state index contributed by atoms with van der Waals surface area (Å²) < 4.78 is 1.82. The van der Waals surface area contributed by atoms with Crippen molar-refractivity contribution in [1.82, 2.24) is 19.5 Å². The summed E-state index contributed by atoms with van der Waals surface area (Å²) in [5.74, 6) is 0.744. The van der Waals surface area contributed by atoms with Crippen LogP contribution < -0.4 is 0 Å². The Morgan fingerprint density at radius 2 is 2.00 bits per heavy atom. The predicted octanol–water partition coefficient (Wildman–Crippen LogP) is 2.47. The van der Waals surface area contributed by atoms with Crippen LogP contribution in [0.15, 0.2) is 43.0 Å². The number of nitrogens with zero attached hydrogens (tertiary/aromatic N) is 4. The minimum atomic E-state index is 0.238. The monoisotopic (exact) mass is 230 g/mol. The Balaban J connectivity index is 2.39. The molecule has 0 fully saturated rings. The van der Waals surface area contributed by atoms with Crippen molar-refractivity contribution in [2.24, 2.45) is 0 Å². The van der Waals surface area contributed by atoms with E-state index in [1.165, 1.54) is 0 Å². The topological polar surface area (TPSA) is 43.6 Å². The van der Waals surface area contributed by atoms with Gasteiger partial charge in [0, 0.05) is 17.8 Å². The molecule has 16 heavy (non-hydrogen) atoms. The highest BCUT2D eigenvalue weighted by Crippen LogP contribution is 2.20. The molecule has 0 spiro atoms. The Bertz CT molecular complexity index is 634. The normalized spacial score (nSPS) is 10.8. The van der Waals surface area contributed by atoms with Crippen LogP contribution in [-0.2, 0) is 0 Å². The Labute approximate surface area is 96.6 Å². The molecule has 4 nitrogen and oxygen atoms in total. The second-order valence-electron chi connectivity index (χ2n) is 3.30. The molecule has 0 aliphatic rings. The van der Waals surface area contributed by atoms with Crippen LogP contribution in [0.4, 0.5) is 0 Å². The summed E-state index contributed by atoms with van der Waals surface area (Å²) in [4.78, 5) is 12.4. The molecule has 0 unspecified atom stereocenters. The van der Waals surface area contributed by atoms with Crippen LogP contribution in [0.1, 0.15) is 0 Å². The Hall–Kier alpha value is -1.94. The third kappa shape index (κ3) is 1.44. The van der Waals surface area contributed by atoms with Crippen molar-refractivity contribution in [3.8, 4) is 5.82 Å². The summed E-state index contributed by atoms with van der Waals surface area (Å²) in [7, 11) is 0. The number of benzene rings is 1. The number of imidazole rings is 1. The summed E-state index contributed by atoms with van der Waals surface area (Å²) in [6.45, 7) is 0.